The molecule has 1 atom stereocenters. The molecular weight excluding hydrogens is 212 g/mol. The molecular formula is C9H18N4OS. The number of nitrogens with zero attached hydrogens (tertiary/aromatic N) is 3. The first-order chi connectivity index (χ1) is 7.19. The van der Waals surface area contributed by atoms with Gasteiger partial charge in [-0.15, -0.1) is 10.2 Å². The monoisotopic (exact) mass is 230 g/mol. The molecule has 0 amide bonds. The van der Waals surface area contributed by atoms with Gasteiger partial charge in [0.05, 0.1) is 12.6 Å². The van der Waals surface area contributed by atoms with Crippen molar-refractivity contribution in [3.8, 4) is 0 Å². The van der Waals surface area contributed by atoms with Gasteiger partial charge < -0.3 is 15.4 Å². The van der Waals surface area contributed by atoms with Crippen molar-refractivity contribution in [3.63, 3.8) is 0 Å². The van der Waals surface area contributed by atoms with Crippen LogP contribution in [0.5, 0.6) is 0 Å². The van der Waals surface area contributed by atoms with Gasteiger partial charge in [0.1, 0.15) is 5.82 Å². The Morgan fingerprint density at radius 2 is 2.27 bits per heavy atom. The normalized spacial score (nSPS) is 13.1. The van der Waals surface area contributed by atoms with Crippen molar-refractivity contribution in [2.75, 3.05) is 5.75 Å². The molecule has 0 fully saturated rings. The van der Waals surface area contributed by atoms with E-state index in [1.165, 1.54) is 0 Å². The van der Waals surface area contributed by atoms with E-state index in [1.807, 2.05) is 11.5 Å². The molecule has 6 heteroatoms. The zero-order valence-electron chi connectivity index (χ0n) is 9.18. The van der Waals surface area contributed by atoms with Gasteiger partial charge in [0.25, 0.3) is 0 Å². The van der Waals surface area contributed by atoms with Crippen molar-refractivity contribution >= 4 is 11.8 Å². The third-order valence-electron chi connectivity index (χ3n) is 2.06. The largest absolute Gasteiger partial charge is 0.393 e. The first-order valence-electron chi connectivity index (χ1n) is 5.12. The topological polar surface area (TPSA) is 77.0 Å². The molecule has 0 aliphatic carbocycles. The molecule has 0 spiro atoms. The van der Waals surface area contributed by atoms with Crippen molar-refractivity contribution in [1.82, 2.24) is 14.8 Å². The van der Waals surface area contributed by atoms with Crippen LogP contribution in [0.25, 0.3) is 0 Å². The second-order valence-electron chi connectivity index (χ2n) is 3.33. The van der Waals surface area contributed by atoms with E-state index in [4.69, 9.17) is 10.8 Å². The first kappa shape index (κ1) is 12.5. The van der Waals surface area contributed by atoms with Crippen LogP contribution in [-0.2, 0) is 13.1 Å². The Balaban J connectivity index is 2.56. The maximum atomic E-state index is 9.13. The fourth-order valence-electron chi connectivity index (χ4n) is 1.22. The van der Waals surface area contributed by atoms with E-state index >= 15 is 0 Å². The Hall–Kier alpha value is -0.590. The smallest absolute Gasteiger partial charge is 0.191 e. The van der Waals surface area contributed by atoms with E-state index in [2.05, 4.69) is 10.2 Å². The highest BCUT2D eigenvalue weighted by Crippen LogP contribution is 2.18. The number of nitrogens with two attached hydrogens (primary N) is 1. The van der Waals surface area contributed by atoms with Crippen molar-refractivity contribution in [1.29, 1.82) is 0 Å². The second-order valence-corrected chi connectivity index (χ2v) is 4.40. The van der Waals surface area contributed by atoms with E-state index in [0.717, 1.165) is 29.7 Å². The van der Waals surface area contributed by atoms with E-state index in [1.54, 1.807) is 18.7 Å². The molecule has 15 heavy (non-hydrogen) atoms. The number of hydrogen-bond donors (Lipinski definition) is 2. The number of thioether (sulfide) groups is 1. The lowest BCUT2D eigenvalue weighted by atomic mass is 10.3. The highest BCUT2D eigenvalue weighted by Gasteiger charge is 2.09. The third kappa shape index (κ3) is 3.48. The molecule has 0 bridgehead atoms. The third-order valence-corrected chi connectivity index (χ3v) is 3.06. The molecule has 0 radical (unpaired) electrons. The maximum absolute atomic E-state index is 9.13. The van der Waals surface area contributed by atoms with Gasteiger partial charge >= 0.3 is 0 Å². The van der Waals surface area contributed by atoms with Crippen LogP contribution in [0.4, 0.5) is 0 Å². The number of hydrogen-bond acceptors (Lipinski definition) is 5. The first-order valence-corrected chi connectivity index (χ1v) is 6.10. The number of aromatic nitrogens is 3. The minimum Gasteiger partial charge on any atom is -0.393 e. The van der Waals surface area contributed by atoms with Crippen molar-refractivity contribution in [2.45, 2.75) is 44.6 Å². The molecule has 0 aliphatic heterocycles. The minimum absolute atomic E-state index is 0.260. The van der Waals surface area contributed by atoms with Crippen LogP contribution in [0.15, 0.2) is 5.16 Å². The SMILES string of the molecule is CCn1c(CN)nnc1SCCC(C)O. The van der Waals surface area contributed by atoms with E-state index in [9.17, 15) is 0 Å². The van der Waals surface area contributed by atoms with Crippen LogP contribution >= 0.6 is 11.8 Å². The summed E-state index contributed by atoms with van der Waals surface area (Å²) in [7, 11) is 0. The number of aliphatic hydroxyl groups is 1. The fraction of sp³-hybridized carbons (Fsp3) is 0.778. The Labute approximate surface area is 94.1 Å². The van der Waals surface area contributed by atoms with Gasteiger partial charge in [-0.25, -0.2) is 0 Å². The molecule has 0 saturated heterocycles. The molecule has 5 nitrogen and oxygen atoms in total. The summed E-state index contributed by atoms with van der Waals surface area (Å²) in [6.45, 7) is 5.08. The highest BCUT2D eigenvalue weighted by molar-refractivity contribution is 7.99. The molecule has 1 rings (SSSR count). The average Bonchev–Trinajstić information content (AvgIpc) is 2.59. The highest BCUT2D eigenvalue weighted by atomic mass is 32.2. The minimum atomic E-state index is -0.260. The molecule has 0 aliphatic rings. The summed E-state index contributed by atoms with van der Waals surface area (Å²) in [6, 6.07) is 0. The molecule has 0 aromatic carbocycles. The van der Waals surface area contributed by atoms with Crippen LogP contribution in [0.1, 0.15) is 26.1 Å². The summed E-state index contributed by atoms with van der Waals surface area (Å²) < 4.78 is 2.01. The molecule has 0 saturated carbocycles. The van der Waals surface area contributed by atoms with E-state index < -0.39 is 0 Å². The average molecular weight is 230 g/mol. The molecule has 86 valence electrons. The lowest BCUT2D eigenvalue weighted by Crippen LogP contribution is -2.08. The number of aliphatic hydroxyl groups excluding tert-OH is 1. The van der Waals surface area contributed by atoms with E-state index in [0.29, 0.717) is 6.54 Å². The number of rotatable bonds is 6. The summed E-state index contributed by atoms with van der Waals surface area (Å²) in [5.41, 5.74) is 5.54. The zero-order valence-corrected chi connectivity index (χ0v) is 10.00. The quantitative estimate of drug-likeness (QED) is 0.701. The van der Waals surface area contributed by atoms with Crippen LogP contribution in [0, 0.1) is 0 Å². The van der Waals surface area contributed by atoms with Gasteiger partial charge in [-0.2, -0.15) is 0 Å². The molecule has 1 aromatic rings. The van der Waals surface area contributed by atoms with Gasteiger partial charge in [0.15, 0.2) is 5.16 Å². The van der Waals surface area contributed by atoms with Gasteiger partial charge in [0.2, 0.25) is 0 Å². The zero-order chi connectivity index (χ0) is 11.3. The summed E-state index contributed by atoms with van der Waals surface area (Å²) in [6.07, 6.45) is 0.503. The van der Waals surface area contributed by atoms with Crippen LogP contribution in [-0.4, -0.2) is 31.7 Å². The van der Waals surface area contributed by atoms with Crippen molar-refractivity contribution in [2.24, 2.45) is 5.73 Å². The standard InChI is InChI=1S/C9H18N4OS/c1-3-13-8(6-10)11-12-9(13)15-5-4-7(2)14/h7,14H,3-6,10H2,1-2H3. The van der Waals surface area contributed by atoms with Gasteiger partial charge in [-0.3, -0.25) is 0 Å². The maximum Gasteiger partial charge on any atom is 0.191 e. The Kier molecular flexibility index (Phi) is 5.07. The van der Waals surface area contributed by atoms with Gasteiger partial charge in [-0.05, 0) is 20.3 Å². The summed E-state index contributed by atoms with van der Waals surface area (Å²) in [4.78, 5) is 0. The molecule has 1 unspecified atom stereocenters. The lowest BCUT2D eigenvalue weighted by molar-refractivity contribution is 0.192. The fourth-order valence-corrected chi connectivity index (χ4v) is 2.35. The second kappa shape index (κ2) is 6.09. The summed E-state index contributed by atoms with van der Waals surface area (Å²) >= 11 is 1.61. The Morgan fingerprint density at radius 3 is 2.80 bits per heavy atom. The molecule has 3 N–H and O–H groups in total. The molecule has 1 heterocycles. The van der Waals surface area contributed by atoms with Crippen molar-refractivity contribution in [3.05, 3.63) is 5.82 Å². The Bertz CT molecular complexity index is 300. The lowest BCUT2D eigenvalue weighted by Gasteiger charge is -2.06. The summed E-state index contributed by atoms with van der Waals surface area (Å²) in [5, 5.41) is 18.1. The van der Waals surface area contributed by atoms with Crippen LogP contribution in [0.2, 0.25) is 0 Å². The van der Waals surface area contributed by atoms with E-state index in [-0.39, 0.29) is 6.10 Å². The predicted octanol–water partition coefficient (Wildman–Crippen LogP) is 0.620. The van der Waals surface area contributed by atoms with Crippen LogP contribution in [0.3, 0.4) is 0 Å². The van der Waals surface area contributed by atoms with Crippen molar-refractivity contribution < 1.29 is 5.11 Å². The van der Waals surface area contributed by atoms with Gasteiger partial charge in [-0.1, -0.05) is 11.8 Å². The Morgan fingerprint density at radius 1 is 1.53 bits per heavy atom. The van der Waals surface area contributed by atoms with Crippen LogP contribution < -0.4 is 5.73 Å². The molecule has 1 aromatic heterocycles. The predicted molar refractivity (Wildman–Crippen MR) is 60.6 cm³/mol. The van der Waals surface area contributed by atoms with Gasteiger partial charge in [0, 0.05) is 12.3 Å². The summed E-state index contributed by atoms with van der Waals surface area (Å²) in [5.74, 6) is 1.66.